The number of rotatable bonds is 5. The van der Waals surface area contributed by atoms with Crippen molar-refractivity contribution in [1.82, 2.24) is 4.98 Å². The van der Waals surface area contributed by atoms with E-state index in [1.54, 1.807) is 49.4 Å². The fourth-order valence-corrected chi connectivity index (χ4v) is 3.19. The molecule has 0 saturated heterocycles. The lowest BCUT2D eigenvalue weighted by Gasteiger charge is -2.09. The van der Waals surface area contributed by atoms with Crippen LogP contribution in [0.2, 0.25) is 0 Å². The van der Waals surface area contributed by atoms with Crippen LogP contribution in [0.15, 0.2) is 72.8 Å². The van der Waals surface area contributed by atoms with Gasteiger partial charge < -0.3 is 20.4 Å². The molecule has 0 aliphatic rings. The average molecular weight is 417 g/mol. The summed E-state index contributed by atoms with van der Waals surface area (Å²) in [6.07, 6.45) is 0. The third-order valence-corrected chi connectivity index (χ3v) is 4.69. The number of amides is 2. The maximum Gasteiger partial charge on any atom is 0.338 e. The van der Waals surface area contributed by atoms with E-state index < -0.39 is 12.0 Å². The van der Waals surface area contributed by atoms with E-state index in [4.69, 9.17) is 4.74 Å². The summed E-state index contributed by atoms with van der Waals surface area (Å²) >= 11 is 0. The molecule has 156 valence electrons. The lowest BCUT2D eigenvalue weighted by atomic mass is 10.1. The number of nitrogens with one attached hydrogen (secondary N) is 3. The first-order valence-corrected chi connectivity index (χ1v) is 9.76. The molecule has 0 spiro atoms. The number of H-pyrrole nitrogens is 1. The molecule has 4 aromatic rings. The molecule has 31 heavy (non-hydrogen) atoms. The van der Waals surface area contributed by atoms with Crippen LogP contribution in [0.1, 0.15) is 17.3 Å². The number of hydrogen-bond donors (Lipinski definition) is 3. The molecule has 0 atom stereocenters. The van der Waals surface area contributed by atoms with Gasteiger partial charge >= 0.3 is 12.0 Å². The molecule has 0 saturated carbocycles. The van der Waals surface area contributed by atoms with Crippen LogP contribution in [0.5, 0.6) is 0 Å². The highest BCUT2D eigenvalue weighted by molar-refractivity contribution is 6.00. The highest BCUT2D eigenvalue weighted by atomic mass is 19.1. The second-order valence-corrected chi connectivity index (χ2v) is 6.87. The van der Waals surface area contributed by atoms with Crippen molar-refractivity contribution in [3.8, 4) is 11.3 Å². The highest BCUT2D eigenvalue weighted by Gasteiger charge is 2.08. The Hall–Kier alpha value is -4.13. The van der Waals surface area contributed by atoms with Gasteiger partial charge in [0, 0.05) is 28.0 Å². The number of halogens is 1. The van der Waals surface area contributed by atoms with Crippen molar-refractivity contribution >= 4 is 34.3 Å². The Labute approximate surface area is 178 Å². The van der Waals surface area contributed by atoms with Crippen LogP contribution in [0.3, 0.4) is 0 Å². The summed E-state index contributed by atoms with van der Waals surface area (Å²) in [4.78, 5) is 27.2. The Kier molecular flexibility index (Phi) is 5.66. The number of hydrogen-bond acceptors (Lipinski definition) is 3. The van der Waals surface area contributed by atoms with Gasteiger partial charge in [0.15, 0.2) is 0 Å². The fraction of sp³-hybridized carbons (Fsp3) is 0.0833. The van der Waals surface area contributed by atoms with Crippen LogP contribution in [0.4, 0.5) is 20.6 Å². The van der Waals surface area contributed by atoms with Crippen LogP contribution >= 0.6 is 0 Å². The Morgan fingerprint density at radius 3 is 2.19 bits per heavy atom. The smallest absolute Gasteiger partial charge is 0.338 e. The minimum atomic E-state index is -0.405. The number of anilines is 2. The van der Waals surface area contributed by atoms with Crippen LogP contribution < -0.4 is 10.6 Å². The molecule has 0 radical (unpaired) electrons. The van der Waals surface area contributed by atoms with Crippen molar-refractivity contribution in [3.63, 3.8) is 0 Å². The Morgan fingerprint density at radius 1 is 0.903 bits per heavy atom. The highest BCUT2D eigenvalue weighted by Crippen LogP contribution is 2.26. The van der Waals surface area contributed by atoms with Gasteiger partial charge in [0.1, 0.15) is 5.82 Å². The zero-order chi connectivity index (χ0) is 21.8. The Morgan fingerprint density at radius 2 is 1.55 bits per heavy atom. The topological polar surface area (TPSA) is 83.2 Å². The number of urea groups is 1. The van der Waals surface area contributed by atoms with E-state index in [1.165, 1.54) is 12.1 Å². The van der Waals surface area contributed by atoms with Gasteiger partial charge in [0.05, 0.1) is 12.2 Å². The standard InChI is InChI=1S/C24H20FN3O3/c1-2-31-23(29)16-5-10-20(11-6-16)27-24(30)26-19-8-3-15(4-9-19)22-14-17-13-18(25)7-12-21(17)28-22/h3-14,28H,2H2,1H3,(H2,26,27,30). The summed E-state index contributed by atoms with van der Waals surface area (Å²) in [6.45, 7) is 2.05. The molecule has 0 aliphatic carbocycles. The molecular weight excluding hydrogens is 397 g/mol. The van der Waals surface area contributed by atoms with Gasteiger partial charge in [-0.3, -0.25) is 0 Å². The van der Waals surface area contributed by atoms with Gasteiger partial charge in [-0.15, -0.1) is 0 Å². The van der Waals surface area contributed by atoms with Crippen LogP contribution in [-0.2, 0) is 4.74 Å². The number of aromatic nitrogens is 1. The van der Waals surface area contributed by atoms with E-state index in [9.17, 15) is 14.0 Å². The number of aromatic amines is 1. The van der Waals surface area contributed by atoms with Gasteiger partial charge in [-0.05, 0) is 73.2 Å². The largest absolute Gasteiger partial charge is 0.462 e. The summed E-state index contributed by atoms with van der Waals surface area (Å²) in [5.74, 6) is -0.683. The Balaban J connectivity index is 1.39. The molecule has 2 amide bonds. The molecule has 4 rings (SSSR count). The molecule has 0 aliphatic heterocycles. The van der Waals surface area contributed by atoms with Gasteiger partial charge in [0.25, 0.3) is 0 Å². The first-order valence-electron chi connectivity index (χ1n) is 9.76. The van der Waals surface area contributed by atoms with Crippen molar-refractivity contribution in [2.45, 2.75) is 6.92 Å². The minimum Gasteiger partial charge on any atom is -0.462 e. The number of carbonyl (C=O) groups excluding carboxylic acids is 2. The van der Waals surface area contributed by atoms with Gasteiger partial charge in [0.2, 0.25) is 0 Å². The van der Waals surface area contributed by atoms with Crippen molar-refractivity contribution in [3.05, 3.63) is 84.2 Å². The van der Waals surface area contributed by atoms with E-state index in [0.717, 1.165) is 22.2 Å². The summed E-state index contributed by atoms with van der Waals surface area (Å²) in [5, 5.41) is 6.27. The van der Waals surface area contributed by atoms with Gasteiger partial charge in [-0.25, -0.2) is 14.0 Å². The number of ether oxygens (including phenoxy) is 1. The summed E-state index contributed by atoms with van der Waals surface area (Å²) in [5.41, 5.74) is 4.21. The number of esters is 1. The molecule has 1 heterocycles. The van der Waals surface area contributed by atoms with E-state index in [0.29, 0.717) is 23.5 Å². The molecule has 7 heteroatoms. The van der Waals surface area contributed by atoms with E-state index >= 15 is 0 Å². The fourth-order valence-electron chi connectivity index (χ4n) is 3.19. The molecular formula is C24H20FN3O3. The first-order chi connectivity index (χ1) is 15.0. The second kappa shape index (κ2) is 8.71. The van der Waals surface area contributed by atoms with Crippen molar-refractivity contribution in [2.24, 2.45) is 0 Å². The third-order valence-electron chi connectivity index (χ3n) is 4.69. The molecule has 6 nitrogen and oxygen atoms in total. The SMILES string of the molecule is CCOC(=O)c1ccc(NC(=O)Nc2ccc(-c3cc4cc(F)ccc4[nH]3)cc2)cc1. The Bertz CT molecular complexity index is 1230. The van der Waals surface area contributed by atoms with Crippen LogP contribution in [0, 0.1) is 5.82 Å². The molecule has 0 bridgehead atoms. The lowest BCUT2D eigenvalue weighted by Crippen LogP contribution is -2.19. The third kappa shape index (κ3) is 4.72. The summed E-state index contributed by atoms with van der Waals surface area (Å²) < 4.78 is 18.3. The molecule has 0 unspecified atom stereocenters. The average Bonchev–Trinajstić information content (AvgIpc) is 3.18. The maximum atomic E-state index is 13.4. The predicted octanol–water partition coefficient (Wildman–Crippen LogP) is 5.79. The van der Waals surface area contributed by atoms with Crippen LogP contribution in [-0.4, -0.2) is 23.6 Å². The van der Waals surface area contributed by atoms with Crippen LogP contribution in [0.25, 0.3) is 22.2 Å². The first kappa shape index (κ1) is 20.2. The van der Waals surface area contributed by atoms with Crippen molar-refractivity contribution in [1.29, 1.82) is 0 Å². The molecule has 3 aromatic carbocycles. The predicted molar refractivity (Wildman–Crippen MR) is 119 cm³/mol. The van der Waals surface area contributed by atoms with E-state index in [1.807, 2.05) is 18.2 Å². The van der Waals surface area contributed by atoms with Gasteiger partial charge in [-0.2, -0.15) is 0 Å². The monoisotopic (exact) mass is 417 g/mol. The molecule has 1 aromatic heterocycles. The summed E-state index contributed by atoms with van der Waals surface area (Å²) in [6, 6.07) is 19.8. The quantitative estimate of drug-likeness (QED) is 0.359. The second-order valence-electron chi connectivity index (χ2n) is 6.87. The van der Waals surface area contributed by atoms with E-state index in [2.05, 4.69) is 15.6 Å². The number of benzene rings is 3. The van der Waals surface area contributed by atoms with Crippen molar-refractivity contribution < 1.29 is 18.7 Å². The molecule has 3 N–H and O–H groups in total. The zero-order valence-corrected chi connectivity index (χ0v) is 16.7. The van der Waals surface area contributed by atoms with Gasteiger partial charge in [-0.1, -0.05) is 12.1 Å². The number of carbonyl (C=O) groups is 2. The zero-order valence-electron chi connectivity index (χ0n) is 16.7. The normalized spacial score (nSPS) is 10.6. The maximum absolute atomic E-state index is 13.4. The summed E-state index contributed by atoms with van der Waals surface area (Å²) in [7, 11) is 0. The van der Waals surface area contributed by atoms with E-state index in [-0.39, 0.29) is 5.82 Å². The minimum absolute atomic E-state index is 0.279. The number of fused-ring (bicyclic) bond motifs is 1. The van der Waals surface area contributed by atoms with Crippen molar-refractivity contribution in [2.75, 3.05) is 17.2 Å². The lowest BCUT2D eigenvalue weighted by molar-refractivity contribution is 0.0526. The molecule has 0 fully saturated rings.